The van der Waals surface area contributed by atoms with Crippen molar-refractivity contribution in [3.8, 4) is 5.75 Å². The molecule has 0 spiro atoms. The molecule has 4 aromatic rings. The molecule has 34 heavy (non-hydrogen) atoms. The number of ether oxygens (including phenoxy) is 1. The monoisotopic (exact) mass is 468 g/mol. The molecule has 0 saturated carbocycles. The van der Waals surface area contributed by atoms with Crippen LogP contribution in [0.15, 0.2) is 24.5 Å². The van der Waals surface area contributed by atoms with E-state index < -0.39 is 17.3 Å². The Hall–Kier alpha value is -3.80. The van der Waals surface area contributed by atoms with Gasteiger partial charge in [0.05, 0.1) is 36.7 Å². The number of hydrogen-bond donors (Lipinski definition) is 2. The first-order valence-electron chi connectivity index (χ1n) is 10.9. The van der Waals surface area contributed by atoms with E-state index in [4.69, 9.17) is 10.5 Å². The zero-order valence-electron chi connectivity index (χ0n) is 19.1. The summed E-state index contributed by atoms with van der Waals surface area (Å²) in [6.07, 6.45) is 4.65. The highest BCUT2D eigenvalue weighted by Crippen LogP contribution is 2.32. The summed E-state index contributed by atoms with van der Waals surface area (Å²) in [4.78, 5) is 23.9. The second-order valence-corrected chi connectivity index (χ2v) is 9.07. The highest BCUT2D eigenvalue weighted by Gasteiger charge is 2.35. The number of halogens is 1. The predicted molar refractivity (Wildman–Crippen MR) is 122 cm³/mol. The van der Waals surface area contributed by atoms with Gasteiger partial charge in [0.25, 0.3) is 0 Å². The van der Waals surface area contributed by atoms with Crippen molar-refractivity contribution in [1.82, 2.24) is 29.4 Å². The topological polar surface area (TPSA) is 137 Å². The van der Waals surface area contributed by atoms with Crippen LogP contribution in [0.25, 0.3) is 16.6 Å². The van der Waals surface area contributed by atoms with Crippen LogP contribution in [-0.4, -0.2) is 59.6 Å². The molecule has 1 atom stereocenters. The third kappa shape index (κ3) is 3.79. The number of aromatic nitrogens is 6. The van der Waals surface area contributed by atoms with Gasteiger partial charge >= 0.3 is 0 Å². The van der Waals surface area contributed by atoms with Crippen LogP contribution in [0, 0.1) is 5.82 Å². The highest BCUT2D eigenvalue weighted by molar-refractivity contribution is 5.98. The molecule has 1 aromatic carbocycles. The van der Waals surface area contributed by atoms with Gasteiger partial charge in [0.2, 0.25) is 11.9 Å². The van der Waals surface area contributed by atoms with Crippen molar-refractivity contribution >= 4 is 34.1 Å². The van der Waals surface area contributed by atoms with Crippen LogP contribution in [-0.2, 0) is 11.3 Å². The molecule has 0 bridgehead atoms. The van der Waals surface area contributed by atoms with Gasteiger partial charge in [-0.15, -0.1) is 5.10 Å². The second-order valence-electron chi connectivity index (χ2n) is 9.07. The number of rotatable bonds is 5. The van der Waals surface area contributed by atoms with E-state index in [1.165, 1.54) is 23.8 Å². The average Bonchev–Trinajstić information content (AvgIpc) is 3.41. The standard InChI is InChI=1S/C22H25FN8O3/c1-22(2,33)11-29-10-12(9-25-29)30-6-4-5-13(20(30)32)18-27-19-14-7-15(23)17(34-3)8-16(14)26-21(24)31(19)28-18/h7-10,13,33H,4-6,11H2,1-3H3,(H2,24,26)/t13-/m1/s1. The molecule has 1 fully saturated rings. The van der Waals surface area contributed by atoms with Gasteiger partial charge in [-0.2, -0.15) is 9.61 Å². The van der Waals surface area contributed by atoms with Crippen molar-refractivity contribution in [3.05, 3.63) is 36.2 Å². The Bertz CT molecular complexity index is 1410. The summed E-state index contributed by atoms with van der Waals surface area (Å²) in [5, 5.41) is 19.2. The van der Waals surface area contributed by atoms with Gasteiger partial charge in [0.15, 0.2) is 23.0 Å². The van der Waals surface area contributed by atoms with Crippen molar-refractivity contribution < 1.29 is 19.0 Å². The van der Waals surface area contributed by atoms with Crippen molar-refractivity contribution in [2.75, 3.05) is 24.3 Å². The van der Waals surface area contributed by atoms with Gasteiger partial charge < -0.3 is 20.5 Å². The number of anilines is 2. The Morgan fingerprint density at radius 3 is 2.85 bits per heavy atom. The van der Waals surface area contributed by atoms with E-state index in [-0.39, 0.29) is 17.6 Å². The summed E-state index contributed by atoms with van der Waals surface area (Å²) in [6, 6.07) is 2.73. The Labute approximate surface area is 194 Å². The summed E-state index contributed by atoms with van der Waals surface area (Å²) in [6.45, 7) is 4.22. The van der Waals surface area contributed by atoms with Crippen LogP contribution in [0.3, 0.4) is 0 Å². The minimum Gasteiger partial charge on any atom is -0.494 e. The largest absolute Gasteiger partial charge is 0.494 e. The van der Waals surface area contributed by atoms with Gasteiger partial charge in [-0.25, -0.2) is 14.4 Å². The van der Waals surface area contributed by atoms with Crippen LogP contribution in [0.2, 0.25) is 0 Å². The number of benzene rings is 1. The number of nitrogen functional groups attached to an aromatic ring is 1. The third-order valence-electron chi connectivity index (χ3n) is 5.82. The SMILES string of the molecule is COc1cc2nc(N)n3nc([C@H]4CCCN(c5cnn(CC(C)(C)O)c5)C4=O)nc3c2cc1F. The summed E-state index contributed by atoms with van der Waals surface area (Å²) in [7, 11) is 1.37. The molecule has 1 aliphatic heterocycles. The van der Waals surface area contributed by atoms with Crippen LogP contribution in [0.1, 0.15) is 38.4 Å². The lowest BCUT2D eigenvalue weighted by atomic mass is 9.96. The molecule has 4 heterocycles. The maximum Gasteiger partial charge on any atom is 0.237 e. The normalized spacial score (nSPS) is 17.1. The predicted octanol–water partition coefficient (Wildman–Crippen LogP) is 1.89. The van der Waals surface area contributed by atoms with E-state index in [1.807, 2.05) is 0 Å². The summed E-state index contributed by atoms with van der Waals surface area (Å²) < 4.78 is 22.4. The fraction of sp³-hybridized carbons (Fsp3) is 0.409. The van der Waals surface area contributed by atoms with Gasteiger partial charge in [0, 0.05) is 24.2 Å². The van der Waals surface area contributed by atoms with Crippen molar-refractivity contribution in [2.45, 2.75) is 44.8 Å². The second kappa shape index (κ2) is 7.90. The van der Waals surface area contributed by atoms with Crippen LogP contribution < -0.4 is 15.4 Å². The van der Waals surface area contributed by atoms with E-state index in [0.29, 0.717) is 47.6 Å². The molecule has 1 saturated heterocycles. The van der Waals surface area contributed by atoms with Crippen LogP contribution >= 0.6 is 0 Å². The highest BCUT2D eigenvalue weighted by atomic mass is 19.1. The van der Waals surface area contributed by atoms with Gasteiger partial charge in [-0.1, -0.05) is 0 Å². The maximum atomic E-state index is 14.4. The fourth-order valence-electron chi connectivity index (χ4n) is 4.30. The quantitative estimate of drug-likeness (QED) is 0.453. The fourth-order valence-corrected chi connectivity index (χ4v) is 4.30. The van der Waals surface area contributed by atoms with Crippen LogP contribution in [0.5, 0.6) is 5.75 Å². The number of amides is 1. The first kappa shape index (κ1) is 22.0. The molecular formula is C22H25FN8O3. The Kier molecular flexibility index (Phi) is 5.12. The first-order valence-corrected chi connectivity index (χ1v) is 10.9. The number of fused-ring (bicyclic) bond motifs is 3. The number of carbonyl (C=O) groups excluding carboxylic acids is 1. The van der Waals surface area contributed by atoms with E-state index >= 15 is 0 Å². The van der Waals surface area contributed by atoms with Gasteiger partial charge in [-0.3, -0.25) is 9.48 Å². The van der Waals surface area contributed by atoms with E-state index in [2.05, 4.69) is 20.2 Å². The van der Waals surface area contributed by atoms with Crippen LogP contribution in [0.4, 0.5) is 16.0 Å². The number of carbonyl (C=O) groups is 1. The lowest BCUT2D eigenvalue weighted by molar-refractivity contribution is -0.121. The molecule has 0 radical (unpaired) electrons. The lowest BCUT2D eigenvalue weighted by Crippen LogP contribution is -2.40. The van der Waals surface area contributed by atoms with E-state index in [1.54, 1.807) is 35.8 Å². The molecule has 178 valence electrons. The van der Waals surface area contributed by atoms with Crippen molar-refractivity contribution in [1.29, 1.82) is 0 Å². The lowest BCUT2D eigenvalue weighted by Gasteiger charge is -2.30. The van der Waals surface area contributed by atoms with Gasteiger partial charge in [-0.05, 0) is 32.8 Å². The smallest absolute Gasteiger partial charge is 0.237 e. The number of hydrogen-bond acceptors (Lipinski definition) is 8. The molecule has 3 aromatic heterocycles. The number of methoxy groups -OCH3 is 1. The molecule has 1 aliphatic rings. The van der Waals surface area contributed by atoms with Crippen molar-refractivity contribution in [3.63, 3.8) is 0 Å². The first-order chi connectivity index (χ1) is 16.1. The molecule has 11 nitrogen and oxygen atoms in total. The maximum absolute atomic E-state index is 14.4. The Morgan fingerprint density at radius 2 is 2.12 bits per heavy atom. The molecular weight excluding hydrogens is 443 g/mol. The summed E-state index contributed by atoms with van der Waals surface area (Å²) in [5.74, 6) is -0.890. The Balaban J connectivity index is 1.51. The number of piperidine rings is 1. The average molecular weight is 468 g/mol. The molecule has 0 unspecified atom stereocenters. The minimum absolute atomic E-state index is 0.0479. The van der Waals surface area contributed by atoms with E-state index in [9.17, 15) is 14.3 Å². The molecule has 3 N–H and O–H groups in total. The molecule has 1 amide bonds. The number of aliphatic hydroxyl groups is 1. The van der Waals surface area contributed by atoms with Gasteiger partial charge in [0.1, 0.15) is 5.92 Å². The molecule has 0 aliphatic carbocycles. The molecule has 12 heteroatoms. The van der Waals surface area contributed by atoms with Crippen molar-refractivity contribution in [2.24, 2.45) is 0 Å². The summed E-state index contributed by atoms with van der Waals surface area (Å²) in [5.41, 5.74) is 6.54. The zero-order valence-corrected chi connectivity index (χ0v) is 19.1. The zero-order chi connectivity index (χ0) is 24.2. The molecule has 5 rings (SSSR count). The third-order valence-corrected chi connectivity index (χ3v) is 5.82. The Morgan fingerprint density at radius 1 is 1.32 bits per heavy atom. The number of nitrogens with two attached hydrogens (primary N) is 1. The van der Waals surface area contributed by atoms with E-state index in [0.717, 1.165) is 6.42 Å². The minimum atomic E-state index is -0.932. The summed E-state index contributed by atoms with van der Waals surface area (Å²) >= 11 is 0. The number of nitrogens with zero attached hydrogens (tertiary/aromatic N) is 7.